The lowest BCUT2D eigenvalue weighted by Gasteiger charge is -2.11. The van der Waals surface area contributed by atoms with Crippen LogP contribution in [0.1, 0.15) is 15.9 Å². The van der Waals surface area contributed by atoms with Crippen molar-refractivity contribution in [2.45, 2.75) is 6.92 Å². The third-order valence-corrected chi connectivity index (χ3v) is 3.37. The Balaban J connectivity index is 2.30. The van der Waals surface area contributed by atoms with E-state index >= 15 is 0 Å². The molecule has 0 bridgehead atoms. The zero-order valence-corrected chi connectivity index (χ0v) is 12.5. The molecule has 1 N–H and O–H groups in total. The van der Waals surface area contributed by atoms with Gasteiger partial charge in [0, 0.05) is 11.9 Å². The number of hydrogen-bond donors (Lipinski definition) is 1. The Hall–Kier alpha value is -1.95. The van der Waals surface area contributed by atoms with E-state index < -0.39 is 5.82 Å². The van der Waals surface area contributed by atoms with E-state index in [-0.39, 0.29) is 5.91 Å². The van der Waals surface area contributed by atoms with Crippen LogP contribution >= 0.6 is 15.9 Å². The van der Waals surface area contributed by atoms with E-state index in [4.69, 9.17) is 4.74 Å². The lowest BCUT2D eigenvalue weighted by Crippen LogP contribution is -2.14. The molecule has 1 aromatic carbocycles. The van der Waals surface area contributed by atoms with Crippen LogP contribution in [-0.2, 0) is 0 Å². The molecule has 104 valence electrons. The molecule has 6 heteroatoms. The molecule has 0 spiro atoms. The van der Waals surface area contributed by atoms with Gasteiger partial charge in [-0.25, -0.2) is 4.39 Å². The van der Waals surface area contributed by atoms with Gasteiger partial charge in [-0.2, -0.15) is 0 Å². The Bertz CT molecular complexity index is 662. The van der Waals surface area contributed by atoms with Crippen molar-refractivity contribution in [3.8, 4) is 5.75 Å². The van der Waals surface area contributed by atoms with Gasteiger partial charge in [0.05, 0.1) is 23.3 Å². The van der Waals surface area contributed by atoms with Crippen LogP contribution < -0.4 is 10.1 Å². The van der Waals surface area contributed by atoms with Gasteiger partial charge >= 0.3 is 0 Å². The number of aryl methyl sites for hydroxylation is 1. The van der Waals surface area contributed by atoms with Crippen LogP contribution in [0, 0.1) is 12.7 Å². The highest BCUT2D eigenvalue weighted by molar-refractivity contribution is 9.10. The number of amides is 1. The second kappa shape index (κ2) is 6.00. The molecule has 0 aliphatic rings. The Morgan fingerprint density at radius 1 is 1.45 bits per heavy atom. The first-order chi connectivity index (χ1) is 9.52. The number of anilines is 1. The van der Waals surface area contributed by atoms with Gasteiger partial charge in [0.15, 0.2) is 0 Å². The summed E-state index contributed by atoms with van der Waals surface area (Å²) >= 11 is 3.10. The topological polar surface area (TPSA) is 51.2 Å². The molecule has 1 heterocycles. The summed E-state index contributed by atoms with van der Waals surface area (Å²) in [6.07, 6.45) is 2.94. The predicted octanol–water partition coefficient (Wildman–Crippen LogP) is 3.55. The standard InChI is InChI=1S/C14H12BrFN2O2/c1-8-5-10(15)11(16)6-12(8)18-14(19)9-3-4-17-7-13(9)20-2/h3-7H,1-2H3,(H,18,19). The number of nitrogens with one attached hydrogen (secondary N) is 1. The summed E-state index contributed by atoms with van der Waals surface area (Å²) in [5, 5.41) is 2.66. The molecular weight excluding hydrogens is 327 g/mol. The number of benzene rings is 1. The van der Waals surface area contributed by atoms with Gasteiger partial charge in [0.2, 0.25) is 0 Å². The number of ether oxygens (including phenoxy) is 1. The maximum atomic E-state index is 13.5. The zero-order chi connectivity index (χ0) is 14.7. The summed E-state index contributed by atoms with van der Waals surface area (Å²) in [5.74, 6) is -0.457. The fourth-order valence-electron chi connectivity index (χ4n) is 1.70. The number of aromatic nitrogens is 1. The van der Waals surface area contributed by atoms with Crippen LogP contribution in [0.4, 0.5) is 10.1 Å². The smallest absolute Gasteiger partial charge is 0.259 e. The molecule has 20 heavy (non-hydrogen) atoms. The van der Waals surface area contributed by atoms with E-state index in [9.17, 15) is 9.18 Å². The lowest BCUT2D eigenvalue weighted by atomic mass is 10.1. The van der Waals surface area contributed by atoms with Crippen molar-refractivity contribution in [3.05, 3.63) is 52.0 Å². The van der Waals surface area contributed by atoms with Gasteiger partial charge in [-0.15, -0.1) is 0 Å². The zero-order valence-electron chi connectivity index (χ0n) is 10.9. The normalized spacial score (nSPS) is 10.2. The Labute approximate surface area is 124 Å². The largest absolute Gasteiger partial charge is 0.494 e. The molecule has 2 aromatic rings. The van der Waals surface area contributed by atoms with Gasteiger partial charge in [0.1, 0.15) is 11.6 Å². The average molecular weight is 339 g/mol. The number of hydrogen-bond acceptors (Lipinski definition) is 3. The van der Waals surface area contributed by atoms with Gasteiger partial charge in [-0.3, -0.25) is 9.78 Å². The monoisotopic (exact) mass is 338 g/mol. The van der Waals surface area contributed by atoms with Gasteiger partial charge in [0.25, 0.3) is 5.91 Å². The Morgan fingerprint density at radius 2 is 2.20 bits per heavy atom. The molecular formula is C14H12BrFN2O2. The summed E-state index contributed by atoms with van der Waals surface area (Å²) in [4.78, 5) is 16.1. The van der Waals surface area contributed by atoms with Crippen molar-refractivity contribution in [2.24, 2.45) is 0 Å². The second-order valence-corrected chi connectivity index (χ2v) is 4.97. The van der Waals surface area contributed by atoms with Crippen LogP contribution in [0.2, 0.25) is 0 Å². The van der Waals surface area contributed by atoms with Crippen LogP contribution in [-0.4, -0.2) is 18.0 Å². The molecule has 0 fully saturated rings. The van der Waals surface area contributed by atoms with Crippen molar-refractivity contribution >= 4 is 27.5 Å². The van der Waals surface area contributed by atoms with Crippen molar-refractivity contribution in [2.75, 3.05) is 12.4 Å². The summed E-state index contributed by atoms with van der Waals surface area (Å²) in [7, 11) is 1.46. The lowest BCUT2D eigenvalue weighted by molar-refractivity contribution is 0.102. The third-order valence-electron chi connectivity index (χ3n) is 2.76. The van der Waals surface area contributed by atoms with E-state index in [1.54, 1.807) is 19.1 Å². The highest BCUT2D eigenvalue weighted by Crippen LogP contribution is 2.25. The maximum absolute atomic E-state index is 13.5. The number of pyridine rings is 1. The number of rotatable bonds is 3. The highest BCUT2D eigenvalue weighted by Gasteiger charge is 2.14. The summed E-state index contributed by atoms with van der Waals surface area (Å²) in [5.41, 5.74) is 1.50. The first-order valence-electron chi connectivity index (χ1n) is 5.78. The van der Waals surface area contributed by atoms with E-state index in [2.05, 4.69) is 26.2 Å². The minimum Gasteiger partial charge on any atom is -0.494 e. The van der Waals surface area contributed by atoms with Gasteiger partial charge in [-0.05, 0) is 46.6 Å². The van der Waals surface area contributed by atoms with Crippen LogP contribution in [0.3, 0.4) is 0 Å². The molecule has 0 unspecified atom stereocenters. The van der Waals surface area contributed by atoms with Gasteiger partial charge < -0.3 is 10.1 Å². The maximum Gasteiger partial charge on any atom is 0.259 e. The number of carbonyl (C=O) groups is 1. The molecule has 1 amide bonds. The van der Waals surface area contributed by atoms with Crippen molar-refractivity contribution in [3.63, 3.8) is 0 Å². The van der Waals surface area contributed by atoms with E-state index in [1.165, 1.54) is 25.6 Å². The fourth-order valence-corrected chi connectivity index (χ4v) is 2.16. The van der Waals surface area contributed by atoms with Crippen LogP contribution in [0.25, 0.3) is 0 Å². The number of halogens is 2. The summed E-state index contributed by atoms with van der Waals surface area (Å²) in [6, 6.07) is 4.42. The number of carbonyl (C=O) groups excluding carboxylic acids is 1. The summed E-state index contributed by atoms with van der Waals surface area (Å²) in [6.45, 7) is 1.78. The van der Waals surface area contributed by atoms with E-state index in [0.29, 0.717) is 21.5 Å². The molecule has 0 saturated heterocycles. The molecule has 0 radical (unpaired) electrons. The van der Waals surface area contributed by atoms with E-state index in [1.807, 2.05) is 0 Å². The Morgan fingerprint density at radius 3 is 2.90 bits per heavy atom. The fraction of sp³-hybridized carbons (Fsp3) is 0.143. The van der Waals surface area contributed by atoms with Gasteiger partial charge in [-0.1, -0.05) is 0 Å². The third kappa shape index (κ3) is 2.96. The first-order valence-corrected chi connectivity index (χ1v) is 6.57. The second-order valence-electron chi connectivity index (χ2n) is 4.11. The van der Waals surface area contributed by atoms with Crippen molar-refractivity contribution < 1.29 is 13.9 Å². The molecule has 0 saturated carbocycles. The quantitative estimate of drug-likeness (QED) is 0.930. The molecule has 4 nitrogen and oxygen atoms in total. The first kappa shape index (κ1) is 14.5. The predicted molar refractivity (Wildman–Crippen MR) is 77.6 cm³/mol. The number of methoxy groups -OCH3 is 1. The van der Waals surface area contributed by atoms with Crippen LogP contribution in [0.15, 0.2) is 35.1 Å². The van der Waals surface area contributed by atoms with Crippen molar-refractivity contribution in [1.82, 2.24) is 4.98 Å². The molecule has 1 aromatic heterocycles. The summed E-state index contributed by atoms with van der Waals surface area (Å²) < 4.78 is 19.0. The number of nitrogens with zero attached hydrogens (tertiary/aromatic N) is 1. The Kier molecular flexibility index (Phi) is 4.34. The average Bonchev–Trinajstić information content (AvgIpc) is 2.44. The molecule has 2 rings (SSSR count). The SMILES string of the molecule is COc1cnccc1C(=O)Nc1cc(F)c(Br)cc1C. The minimum atomic E-state index is -0.437. The minimum absolute atomic E-state index is 0.338. The van der Waals surface area contributed by atoms with Crippen LogP contribution in [0.5, 0.6) is 5.75 Å². The molecule has 0 aliphatic heterocycles. The molecule has 0 aliphatic carbocycles. The van der Waals surface area contributed by atoms with Crippen molar-refractivity contribution in [1.29, 1.82) is 0 Å². The van der Waals surface area contributed by atoms with E-state index in [0.717, 1.165) is 5.56 Å². The molecule has 0 atom stereocenters. The highest BCUT2D eigenvalue weighted by atomic mass is 79.9.